The van der Waals surface area contributed by atoms with Gasteiger partial charge in [-0.25, -0.2) is 9.78 Å². The molecule has 0 fully saturated rings. The van der Waals surface area contributed by atoms with E-state index in [0.29, 0.717) is 11.6 Å². The fraction of sp³-hybridized carbons (Fsp3) is 0.368. The highest BCUT2D eigenvalue weighted by atomic mass is 16.7. The second-order valence-electron chi connectivity index (χ2n) is 4.62. The van der Waals surface area contributed by atoms with Crippen molar-refractivity contribution in [2.24, 2.45) is 5.16 Å². The van der Waals surface area contributed by atoms with E-state index in [1.165, 1.54) is 14.2 Å². The number of nitrogens with zero attached hydrogens (tertiary/aromatic N) is 4. The maximum atomic E-state index is 11.5. The number of hydroxylamine groups is 1. The lowest BCUT2D eigenvalue weighted by Crippen LogP contribution is -2.30. The number of methoxy groups -OCH3 is 2. The molecule has 1 aromatic heterocycles. The normalized spacial score (nSPS) is 8.93. The van der Waals surface area contributed by atoms with Crippen LogP contribution in [0.2, 0.25) is 0 Å². The molecule has 0 aliphatic carbocycles. The zero-order valence-corrected chi connectivity index (χ0v) is 17.2. The SMILES string of the molecule is C=NOCc1ccccc1N(OC)C(=O)OC.CC.COc1ccnc(C)n1. The summed E-state index contributed by atoms with van der Waals surface area (Å²) in [5, 5.41) is 4.33. The number of ether oxygens (including phenoxy) is 2. The van der Waals surface area contributed by atoms with Crippen LogP contribution in [-0.2, 0) is 21.0 Å². The van der Waals surface area contributed by atoms with Crippen LogP contribution in [0.1, 0.15) is 25.2 Å². The van der Waals surface area contributed by atoms with Gasteiger partial charge in [0.1, 0.15) is 12.4 Å². The Labute approximate surface area is 165 Å². The highest BCUT2D eigenvalue weighted by Gasteiger charge is 2.19. The summed E-state index contributed by atoms with van der Waals surface area (Å²) in [4.78, 5) is 29.1. The van der Waals surface area contributed by atoms with E-state index in [0.717, 1.165) is 16.5 Å². The maximum absolute atomic E-state index is 11.5. The van der Waals surface area contributed by atoms with Gasteiger partial charge in [-0.3, -0.25) is 4.84 Å². The van der Waals surface area contributed by atoms with Gasteiger partial charge in [0.15, 0.2) is 0 Å². The molecule has 28 heavy (non-hydrogen) atoms. The molecule has 1 amide bonds. The first-order valence-corrected chi connectivity index (χ1v) is 8.49. The van der Waals surface area contributed by atoms with Crippen molar-refractivity contribution in [1.29, 1.82) is 0 Å². The average molecular weight is 392 g/mol. The number of anilines is 1. The number of aryl methyl sites for hydroxylation is 1. The van der Waals surface area contributed by atoms with Crippen molar-refractivity contribution in [2.45, 2.75) is 27.4 Å². The van der Waals surface area contributed by atoms with E-state index < -0.39 is 6.09 Å². The highest BCUT2D eigenvalue weighted by molar-refractivity contribution is 5.86. The Hall–Kier alpha value is -3.20. The molecule has 1 aromatic carbocycles. The number of para-hydroxylation sites is 1. The molecule has 0 saturated carbocycles. The molecule has 0 radical (unpaired) electrons. The van der Waals surface area contributed by atoms with E-state index in [9.17, 15) is 4.79 Å². The summed E-state index contributed by atoms with van der Waals surface area (Å²) >= 11 is 0. The van der Waals surface area contributed by atoms with Crippen LogP contribution in [0.3, 0.4) is 0 Å². The molecule has 0 aliphatic rings. The second-order valence-corrected chi connectivity index (χ2v) is 4.62. The standard InChI is InChI=1S/C11H14N2O4.C6H8N2O.C2H6/c1-12-17-8-9-6-4-5-7-10(9)13(16-3)11(14)15-2;1-5-7-4-3-6(8-5)9-2;1-2/h4-7H,1,8H2,2-3H3;3-4H,1-2H3;1-2H3. The third kappa shape index (κ3) is 8.45. The summed E-state index contributed by atoms with van der Waals surface area (Å²) in [5.74, 6) is 1.34. The molecular weight excluding hydrogens is 364 g/mol. The molecule has 2 aromatic rings. The summed E-state index contributed by atoms with van der Waals surface area (Å²) in [7, 11) is 4.24. The number of benzene rings is 1. The van der Waals surface area contributed by atoms with Gasteiger partial charge < -0.3 is 14.3 Å². The highest BCUT2D eigenvalue weighted by Crippen LogP contribution is 2.22. The van der Waals surface area contributed by atoms with Crippen LogP contribution < -0.4 is 9.80 Å². The van der Waals surface area contributed by atoms with Gasteiger partial charge in [0.2, 0.25) is 5.88 Å². The predicted octanol–water partition coefficient (Wildman–Crippen LogP) is 3.77. The summed E-state index contributed by atoms with van der Waals surface area (Å²) in [6, 6.07) is 8.80. The smallest absolute Gasteiger partial charge is 0.438 e. The van der Waals surface area contributed by atoms with Crippen molar-refractivity contribution in [2.75, 3.05) is 26.4 Å². The third-order valence-corrected chi connectivity index (χ3v) is 3.00. The van der Waals surface area contributed by atoms with Crippen molar-refractivity contribution in [1.82, 2.24) is 9.97 Å². The number of aromatic nitrogens is 2. The zero-order valence-electron chi connectivity index (χ0n) is 17.2. The Morgan fingerprint density at radius 2 is 1.86 bits per heavy atom. The minimum Gasteiger partial charge on any atom is -0.481 e. The number of amides is 1. The van der Waals surface area contributed by atoms with Gasteiger partial charge in [-0.1, -0.05) is 32.0 Å². The van der Waals surface area contributed by atoms with E-state index in [-0.39, 0.29) is 6.61 Å². The van der Waals surface area contributed by atoms with E-state index in [4.69, 9.17) is 14.4 Å². The lowest BCUT2D eigenvalue weighted by atomic mass is 10.2. The van der Waals surface area contributed by atoms with Crippen LogP contribution in [0.5, 0.6) is 5.88 Å². The number of hydrogen-bond acceptors (Lipinski definition) is 8. The van der Waals surface area contributed by atoms with Gasteiger partial charge in [-0.05, 0) is 13.0 Å². The molecule has 9 nitrogen and oxygen atoms in total. The monoisotopic (exact) mass is 392 g/mol. The molecule has 0 saturated heterocycles. The minimum absolute atomic E-state index is 0.191. The largest absolute Gasteiger partial charge is 0.481 e. The topological polar surface area (TPSA) is 95.4 Å². The molecular formula is C19H28N4O5. The molecule has 0 bridgehead atoms. The fourth-order valence-electron chi connectivity index (χ4n) is 1.85. The number of carbonyl (C=O) groups excluding carboxylic acids is 1. The Balaban J connectivity index is 0.000000556. The molecule has 0 spiro atoms. The summed E-state index contributed by atoms with van der Waals surface area (Å²) < 4.78 is 9.45. The molecule has 2 rings (SSSR count). The summed E-state index contributed by atoms with van der Waals surface area (Å²) in [6.45, 7) is 9.23. The van der Waals surface area contributed by atoms with Crippen LogP contribution >= 0.6 is 0 Å². The lowest BCUT2D eigenvalue weighted by molar-refractivity contribution is 0.112. The number of carbonyl (C=O) groups is 1. The number of hydrogen-bond donors (Lipinski definition) is 0. The van der Waals surface area contributed by atoms with Gasteiger partial charge in [-0.15, -0.1) is 5.16 Å². The van der Waals surface area contributed by atoms with Gasteiger partial charge in [0, 0.05) is 24.5 Å². The van der Waals surface area contributed by atoms with Crippen LogP contribution in [0, 0.1) is 6.92 Å². The number of oxime groups is 1. The van der Waals surface area contributed by atoms with Gasteiger partial charge >= 0.3 is 6.09 Å². The van der Waals surface area contributed by atoms with Gasteiger partial charge in [0.25, 0.3) is 0 Å². The van der Waals surface area contributed by atoms with Crippen molar-refractivity contribution in [3.63, 3.8) is 0 Å². The Morgan fingerprint density at radius 3 is 2.36 bits per heavy atom. The Morgan fingerprint density at radius 1 is 1.18 bits per heavy atom. The van der Waals surface area contributed by atoms with Crippen molar-refractivity contribution >= 4 is 18.5 Å². The van der Waals surface area contributed by atoms with E-state index in [1.54, 1.807) is 37.6 Å². The van der Waals surface area contributed by atoms with E-state index >= 15 is 0 Å². The van der Waals surface area contributed by atoms with Crippen LogP contribution in [0.15, 0.2) is 41.7 Å². The second kappa shape index (κ2) is 14.9. The van der Waals surface area contributed by atoms with Gasteiger partial charge in [0.05, 0.1) is 27.0 Å². The van der Waals surface area contributed by atoms with Crippen LogP contribution in [0.4, 0.5) is 10.5 Å². The van der Waals surface area contributed by atoms with Crippen molar-refractivity contribution in [3.8, 4) is 5.88 Å². The minimum atomic E-state index is -0.619. The molecule has 0 atom stereocenters. The van der Waals surface area contributed by atoms with E-state index in [2.05, 4.69) is 26.6 Å². The molecule has 1 heterocycles. The predicted molar refractivity (Wildman–Crippen MR) is 107 cm³/mol. The molecule has 0 N–H and O–H groups in total. The van der Waals surface area contributed by atoms with Crippen molar-refractivity contribution < 1.29 is 23.9 Å². The Bertz CT molecular complexity index is 712. The van der Waals surface area contributed by atoms with Gasteiger partial charge in [-0.2, -0.15) is 10.0 Å². The van der Waals surface area contributed by atoms with Crippen LogP contribution in [0.25, 0.3) is 0 Å². The first kappa shape index (κ1) is 24.8. The molecule has 154 valence electrons. The first-order valence-electron chi connectivity index (χ1n) is 8.49. The third-order valence-electron chi connectivity index (χ3n) is 3.00. The molecule has 0 aliphatic heterocycles. The quantitative estimate of drug-likeness (QED) is 0.545. The summed E-state index contributed by atoms with van der Waals surface area (Å²) in [6.07, 6.45) is 1.05. The Kier molecular flexibility index (Phi) is 13.2. The van der Waals surface area contributed by atoms with E-state index in [1.807, 2.05) is 26.8 Å². The fourth-order valence-corrected chi connectivity index (χ4v) is 1.85. The van der Waals surface area contributed by atoms with Crippen LogP contribution in [-0.4, -0.2) is 44.1 Å². The first-order chi connectivity index (χ1) is 13.6. The summed E-state index contributed by atoms with van der Waals surface area (Å²) in [5.41, 5.74) is 1.26. The maximum Gasteiger partial charge on any atom is 0.438 e. The number of rotatable bonds is 6. The molecule has 0 unspecified atom stereocenters. The van der Waals surface area contributed by atoms with Crippen molar-refractivity contribution in [3.05, 3.63) is 47.9 Å². The zero-order chi connectivity index (χ0) is 21.4. The average Bonchev–Trinajstić information content (AvgIpc) is 2.75. The lowest BCUT2D eigenvalue weighted by Gasteiger charge is -2.20. The molecule has 9 heteroatoms.